The zero-order valence-electron chi connectivity index (χ0n) is 6.92. The van der Waals surface area contributed by atoms with E-state index >= 15 is 0 Å². The summed E-state index contributed by atoms with van der Waals surface area (Å²) in [6.07, 6.45) is -2.47. The highest BCUT2D eigenvalue weighted by Gasteiger charge is 2.28. The number of hydrogen-bond donors (Lipinski definition) is 1. The van der Waals surface area contributed by atoms with Gasteiger partial charge in [-0.15, -0.1) is 0 Å². The molecule has 1 heterocycles. The predicted molar refractivity (Wildman–Crippen MR) is 53.2 cm³/mol. The van der Waals surface area contributed by atoms with E-state index in [-0.39, 0.29) is 3.57 Å². The summed E-state index contributed by atoms with van der Waals surface area (Å²) in [4.78, 5) is 2.09. The molecule has 0 unspecified atom stereocenters. The third kappa shape index (κ3) is 2.58. The van der Waals surface area contributed by atoms with Crippen molar-refractivity contribution in [2.75, 3.05) is 0 Å². The second-order valence-electron chi connectivity index (χ2n) is 2.49. The van der Waals surface area contributed by atoms with E-state index in [1.165, 1.54) is 22.6 Å². The van der Waals surface area contributed by atoms with Gasteiger partial charge in [-0.2, -0.15) is 4.39 Å². The summed E-state index contributed by atoms with van der Waals surface area (Å²) in [7, 11) is -4.40. The summed E-state index contributed by atoms with van der Waals surface area (Å²) in [6, 6.07) is 0. The molecule has 0 aliphatic carbocycles. The SMILES string of the molecule is NS(=O)(=O)c1c(I)cnc(F)c1C(F)F. The van der Waals surface area contributed by atoms with Gasteiger partial charge in [0.05, 0.1) is 9.13 Å². The van der Waals surface area contributed by atoms with Crippen molar-refractivity contribution in [1.82, 2.24) is 4.98 Å². The Bertz CT molecular complexity index is 491. The fraction of sp³-hybridized carbons (Fsp3) is 0.167. The fourth-order valence-corrected chi connectivity index (χ4v) is 3.10. The van der Waals surface area contributed by atoms with Crippen molar-refractivity contribution in [3.05, 3.63) is 21.3 Å². The number of nitrogens with two attached hydrogens (primary N) is 1. The minimum atomic E-state index is -4.40. The Morgan fingerprint density at radius 2 is 2.00 bits per heavy atom. The Morgan fingerprint density at radius 3 is 2.33 bits per heavy atom. The molecular formula is C6H4F3IN2O2S. The van der Waals surface area contributed by atoms with Crippen LogP contribution in [0, 0.1) is 9.52 Å². The zero-order chi connectivity index (χ0) is 11.8. The minimum absolute atomic E-state index is 0.146. The number of primary sulfonamides is 1. The summed E-state index contributed by atoms with van der Waals surface area (Å²) in [6.45, 7) is 0. The van der Waals surface area contributed by atoms with Gasteiger partial charge in [0.25, 0.3) is 6.43 Å². The Labute approximate surface area is 96.9 Å². The van der Waals surface area contributed by atoms with Crippen LogP contribution in [-0.4, -0.2) is 13.4 Å². The second kappa shape index (κ2) is 4.22. The van der Waals surface area contributed by atoms with Gasteiger partial charge in [0, 0.05) is 6.20 Å². The van der Waals surface area contributed by atoms with Gasteiger partial charge < -0.3 is 0 Å². The maximum absolute atomic E-state index is 12.9. The van der Waals surface area contributed by atoms with E-state index in [0.29, 0.717) is 0 Å². The lowest BCUT2D eigenvalue weighted by Gasteiger charge is -2.08. The molecule has 9 heteroatoms. The standard InChI is InChI=1S/C6H4F3IN2O2S/c7-5(8)3-4(15(11,13)14)2(10)1-12-6(3)9/h1,5H,(H2,11,13,14). The normalized spacial score (nSPS) is 12.1. The molecule has 2 N–H and O–H groups in total. The van der Waals surface area contributed by atoms with Crippen molar-refractivity contribution in [3.63, 3.8) is 0 Å². The van der Waals surface area contributed by atoms with Gasteiger partial charge in [-0.1, -0.05) is 0 Å². The van der Waals surface area contributed by atoms with Crippen molar-refractivity contribution in [3.8, 4) is 0 Å². The lowest BCUT2D eigenvalue weighted by molar-refractivity contribution is 0.141. The van der Waals surface area contributed by atoms with Crippen LogP contribution in [0.2, 0.25) is 0 Å². The van der Waals surface area contributed by atoms with Crippen LogP contribution in [0.4, 0.5) is 13.2 Å². The fourth-order valence-electron chi connectivity index (χ4n) is 0.942. The minimum Gasteiger partial charge on any atom is -0.227 e. The van der Waals surface area contributed by atoms with Gasteiger partial charge in [0.15, 0.2) is 0 Å². The van der Waals surface area contributed by atoms with E-state index in [0.717, 1.165) is 6.20 Å². The van der Waals surface area contributed by atoms with Gasteiger partial charge in [-0.05, 0) is 22.6 Å². The molecule has 0 saturated heterocycles. The quantitative estimate of drug-likeness (QED) is 0.646. The van der Waals surface area contributed by atoms with E-state index in [1.807, 2.05) is 0 Å². The number of rotatable bonds is 2. The molecule has 0 aromatic carbocycles. The molecular weight excluding hydrogens is 348 g/mol. The topological polar surface area (TPSA) is 73.1 Å². The van der Waals surface area contributed by atoms with E-state index in [2.05, 4.69) is 4.98 Å². The molecule has 0 bridgehead atoms. The molecule has 84 valence electrons. The number of nitrogens with zero attached hydrogens (tertiary/aromatic N) is 1. The van der Waals surface area contributed by atoms with Crippen LogP contribution in [0.15, 0.2) is 11.1 Å². The van der Waals surface area contributed by atoms with Crippen molar-refractivity contribution in [2.24, 2.45) is 5.14 Å². The van der Waals surface area contributed by atoms with Gasteiger partial charge in [-0.25, -0.2) is 27.3 Å². The van der Waals surface area contributed by atoms with Crippen LogP contribution in [0.5, 0.6) is 0 Å². The highest BCUT2D eigenvalue weighted by molar-refractivity contribution is 14.1. The van der Waals surface area contributed by atoms with Gasteiger partial charge in [0.2, 0.25) is 16.0 Å². The van der Waals surface area contributed by atoms with E-state index in [4.69, 9.17) is 5.14 Å². The first kappa shape index (κ1) is 12.6. The molecule has 1 aromatic rings. The van der Waals surface area contributed by atoms with Crippen molar-refractivity contribution >= 4 is 32.6 Å². The smallest absolute Gasteiger partial charge is 0.227 e. The van der Waals surface area contributed by atoms with Crippen LogP contribution >= 0.6 is 22.6 Å². The van der Waals surface area contributed by atoms with E-state index in [1.54, 1.807) is 0 Å². The highest BCUT2D eigenvalue weighted by Crippen LogP contribution is 2.30. The second-order valence-corrected chi connectivity index (χ2v) is 5.15. The molecule has 1 aromatic heterocycles. The summed E-state index contributed by atoms with van der Waals surface area (Å²) < 4.78 is 59.5. The number of alkyl halides is 2. The Morgan fingerprint density at radius 1 is 1.47 bits per heavy atom. The molecule has 0 atom stereocenters. The van der Waals surface area contributed by atoms with Gasteiger partial charge >= 0.3 is 0 Å². The molecule has 1 rings (SSSR count). The molecule has 0 radical (unpaired) electrons. The lowest BCUT2D eigenvalue weighted by Crippen LogP contribution is -2.18. The molecule has 4 nitrogen and oxygen atoms in total. The zero-order valence-corrected chi connectivity index (χ0v) is 9.89. The van der Waals surface area contributed by atoms with Crippen LogP contribution < -0.4 is 5.14 Å². The van der Waals surface area contributed by atoms with Crippen LogP contribution in [-0.2, 0) is 10.0 Å². The average molecular weight is 352 g/mol. The largest absolute Gasteiger partial charge is 0.269 e. The summed E-state index contributed by atoms with van der Waals surface area (Å²) in [5, 5.41) is 4.70. The molecule has 0 aliphatic rings. The number of halogens is 4. The molecule has 0 fully saturated rings. The first-order chi connectivity index (χ1) is 6.75. The lowest BCUT2D eigenvalue weighted by atomic mass is 10.3. The summed E-state index contributed by atoms with van der Waals surface area (Å²) >= 11 is 1.44. The average Bonchev–Trinajstić information content (AvgIpc) is 2.05. The maximum Gasteiger partial charge on any atom is 0.269 e. The molecule has 0 amide bonds. The monoisotopic (exact) mass is 352 g/mol. The van der Waals surface area contributed by atoms with Crippen LogP contribution in [0.25, 0.3) is 0 Å². The number of hydrogen-bond acceptors (Lipinski definition) is 3. The molecule has 0 aliphatic heterocycles. The van der Waals surface area contributed by atoms with Crippen molar-refractivity contribution < 1.29 is 21.6 Å². The maximum atomic E-state index is 12.9. The predicted octanol–water partition coefficient (Wildman–Crippen LogP) is 1.41. The molecule has 0 spiro atoms. The Balaban J connectivity index is 3.68. The number of sulfonamides is 1. The van der Waals surface area contributed by atoms with Gasteiger partial charge in [-0.3, -0.25) is 0 Å². The Kier molecular flexibility index (Phi) is 3.55. The Hall–Kier alpha value is -0.420. The van der Waals surface area contributed by atoms with E-state index < -0.39 is 32.9 Å². The first-order valence-electron chi connectivity index (χ1n) is 3.40. The number of aromatic nitrogens is 1. The summed E-state index contributed by atoms with van der Waals surface area (Å²) in [5.74, 6) is -1.53. The third-order valence-corrected chi connectivity index (χ3v) is 3.67. The third-order valence-electron chi connectivity index (χ3n) is 1.48. The van der Waals surface area contributed by atoms with Gasteiger partial charge in [0.1, 0.15) is 4.90 Å². The van der Waals surface area contributed by atoms with Crippen molar-refractivity contribution in [2.45, 2.75) is 11.3 Å². The summed E-state index contributed by atoms with van der Waals surface area (Å²) in [5.41, 5.74) is -1.29. The van der Waals surface area contributed by atoms with Crippen LogP contribution in [0.3, 0.4) is 0 Å². The molecule has 15 heavy (non-hydrogen) atoms. The number of pyridine rings is 1. The molecule has 0 saturated carbocycles. The first-order valence-corrected chi connectivity index (χ1v) is 6.02. The van der Waals surface area contributed by atoms with E-state index in [9.17, 15) is 21.6 Å². The highest BCUT2D eigenvalue weighted by atomic mass is 127. The van der Waals surface area contributed by atoms with Crippen molar-refractivity contribution in [1.29, 1.82) is 0 Å². The van der Waals surface area contributed by atoms with Crippen LogP contribution in [0.1, 0.15) is 12.0 Å².